The lowest BCUT2D eigenvalue weighted by Gasteiger charge is -2.20. The third-order valence-corrected chi connectivity index (χ3v) is 7.80. The molecule has 0 radical (unpaired) electrons. The van der Waals surface area contributed by atoms with E-state index < -0.39 is 10.0 Å². The summed E-state index contributed by atoms with van der Waals surface area (Å²) in [6.07, 6.45) is 3.88. The first kappa shape index (κ1) is 22.3. The Morgan fingerprint density at radius 3 is 2.43 bits per heavy atom. The molecule has 0 unspecified atom stereocenters. The molecule has 3 rings (SSSR count). The number of nitrogens with one attached hydrogen (secondary N) is 1. The summed E-state index contributed by atoms with van der Waals surface area (Å²) < 4.78 is 27.4. The molecule has 1 amide bonds. The van der Waals surface area contributed by atoms with Crippen LogP contribution in [0.3, 0.4) is 0 Å². The number of nitriles is 1. The molecule has 0 bridgehead atoms. The zero-order valence-corrected chi connectivity index (χ0v) is 18.3. The molecule has 1 aliphatic rings. The second-order valence-electron chi connectivity index (χ2n) is 7.20. The van der Waals surface area contributed by atoms with Crippen molar-refractivity contribution in [3.05, 3.63) is 59.7 Å². The zero-order chi connectivity index (χ0) is 21.4. The molecule has 1 fully saturated rings. The van der Waals surface area contributed by atoms with E-state index in [1.54, 1.807) is 34.6 Å². The average Bonchev–Trinajstić information content (AvgIpc) is 3.05. The molecule has 2 aromatic rings. The quantitative estimate of drug-likeness (QED) is 0.699. The maximum atomic E-state index is 12.9. The van der Waals surface area contributed by atoms with Gasteiger partial charge in [-0.1, -0.05) is 31.0 Å². The van der Waals surface area contributed by atoms with E-state index in [4.69, 9.17) is 5.26 Å². The minimum Gasteiger partial charge on any atom is -0.325 e. The van der Waals surface area contributed by atoms with Crippen LogP contribution < -0.4 is 5.32 Å². The second-order valence-corrected chi connectivity index (χ2v) is 10.1. The van der Waals surface area contributed by atoms with E-state index in [-0.39, 0.29) is 16.6 Å². The summed E-state index contributed by atoms with van der Waals surface area (Å²) in [5.41, 5.74) is 2.13. The molecule has 30 heavy (non-hydrogen) atoms. The lowest BCUT2D eigenvalue weighted by molar-refractivity contribution is -0.113. The number of rotatable bonds is 7. The van der Waals surface area contributed by atoms with E-state index in [0.717, 1.165) is 31.2 Å². The molecular formula is C22H25N3O3S2. The summed E-state index contributed by atoms with van der Waals surface area (Å²) in [6, 6.07) is 15.8. The number of anilines is 1. The summed E-state index contributed by atoms with van der Waals surface area (Å²) >= 11 is 1.46. The van der Waals surface area contributed by atoms with Gasteiger partial charge in [0.15, 0.2) is 0 Å². The molecule has 0 spiro atoms. The van der Waals surface area contributed by atoms with E-state index in [2.05, 4.69) is 11.4 Å². The predicted molar refractivity (Wildman–Crippen MR) is 120 cm³/mol. The van der Waals surface area contributed by atoms with Crippen LogP contribution >= 0.6 is 11.8 Å². The monoisotopic (exact) mass is 443 g/mol. The van der Waals surface area contributed by atoms with Crippen molar-refractivity contribution in [1.82, 2.24) is 4.31 Å². The number of hydrogen-bond donors (Lipinski definition) is 1. The number of hydrogen-bond acceptors (Lipinski definition) is 5. The normalized spacial score (nSPS) is 15.2. The highest BCUT2D eigenvalue weighted by atomic mass is 32.2. The topological polar surface area (TPSA) is 90.3 Å². The van der Waals surface area contributed by atoms with E-state index in [1.807, 2.05) is 12.1 Å². The van der Waals surface area contributed by atoms with Crippen molar-refractivity contribution < 1.29 is 13.2 Å². The maximum Gasteiger partial charge on any atom is 0.243 e. The van der Waals surface area contributed by atoms with Gasteiger partial charge in [0.1, 0.15) is 0 Å². The third kappa shape index (κ3) is 6.08. The highest BCUT2D eigenvalue weighted by molar-refractivity contribution is 7.99. The first-order chi connectivity index (χ1) is 14.5. The molecular weight excluding hydrogens is 418 g/mol. The minimum atomic E-state index is -3.55. The summed E-state index contributed by atoms with van der Waals surface area (Å²) in [4.78, 5) is 12.5. The molecule has 0 aromatic heterocycles. The van der Waals surface area contributed by atoms with E-state index >= 15 is 0 Å². The Balaban J connectivity index is 1.56. The number of carbonyl (C=O) groups excluding carboxylic acids is 1. The van der Waals surface area contributed by atoms with E-state index in [9.17, 15) is 13.2 Å². The Labute approximate surface area is 182 Å². The van der Waals surface area contributed by atoms with Crippen LogP contribution in [0.1, 0.15) is 36.8 Å². The fraction of sp³-hybridized carbons (Fsp3) is 0.364. The van der Waals surface area contributed by atoms with Crippen molar-refractivity contribution in [3.8, 4) is 6.07 Å². The average molecular weight is 444 g/mol. The molecule has 8 heteroatoms. The van der Waals surface area contributed by atoms with Gasteiger partial charge in [0, 0.05) is 24.5 Å². The van der Waals surface area contributed by atoms with Gasteiger partial charge in [-0.2, -0.15) is 9.57 Å². The number of thioether (sulfide) groups is 1. The number of carbonyl (C=O) groups is 1. The largest absolute Gasteiger partial charge is 0.325 e. The van der Waals surface area contributed by atoms with Crippen molar-refractivity contribution >= 4 is 33.4 Å². The highest BCUT2D eigenvalue weighted by Crippen LogP contribution is 2.23. The summed E-state index contributed by atoms with van der Waals surface area (Å²) in [6.45, 7) is 1.09. The highest BCUT2D eigenvalue weighted by Gasteiger charge is 2.25. The minimum absolute atomic E-state index is 0.182. The fourth-order valence-corrected chi connectivity index (χ4v) is 5.65. The number of amides is 1. The van der Waals surface area contributed by atoms with Gasteiger partial charge < -0.3 is 5.32 Å². The smallest absolute Gasteiger partial charge is 0.243 e. The molecule has 0 saturated carbocycles. The van der Waals surface area contributed by atoms with Crippen LogP contribution in [-0.4, -0.2) is 37.5 Å². The molecule has 0 aliphatic carbocycles. The summed E-state index contributed by atoms with van der Waals surface area (Å²) in [5, 5.41) is 11.6. The van der Waals surface area contributed by atoms with Gasteiger partial charge >= 0.3 is 0 Å². The van der Waals surface area contributed by atoms with Crippen LogP contribution in [0.15, 0.2) is 53.4 Å². The molecule has 158 valence electrons. The molecule has 1 saturated heterocycles. The van der Waals surface area contributed by atoms with Crippen molar-refractivity contribution in [3.63, 3.8) is 0 Å². The van der Waals surface area contributed by atoms with Gasteiger partial charge in [0.25, 0.3) is 0 Å². The van der Waals surface area contributed by atoms with Crippen LogP contribution in [0.4, 0.5) is 5.69 Å². The lowest BCUT2D eigenvalue weighted by atomic mass is 10.2. The summed E-state index contributed by atoms with van der Waals surface area (Å²) in [5.74, 6) is 0.726. The van der Waals surface area contributed by atoms with Gasteiger partial charge in [-0.15, -0.1) is 11.8 Å². The van der Waals surface area contributed by atoms with Crippen LogP contribution in [0.2, 0.25) is 0 Å². The van der Waals surface area contributed by atoms with Gasteiger partial charge in [0.2, 0.25) is 15.9 Å². The van der Waals surface area contributed by atoms with Gasteiger partial charge in [-0.3, -0.25) is 4.79 Å². The molecule has 1 heterocycles. The molecule has 1 aliphatic heterocycles. The Kier molecular flexibility index (Phi) is 7.91. The second kappa shape index (κ2) is 10.6. The first-order valence-corrected chi connectivity index (χ1v) is 12.6. The van der Waals surface area contributed by atoms with Crippen LogP contribution in [0, 0.1) is 11.3 Å². The Morgan fingerprint density at radius 2 is 1.77 bits per heavy atom. The van der Waals surface area contributed by atoms with Gasteiger partial charge in [-0.05, 0) is 48.7 Å². The third-order valence-electron chi connectivity index (χ3n) is 4.91. The zero-order valence-electron chi connectivity index (χ0n) is 16.7. The molecule has 0 atom stereocenters. The van der Waals surface area contributed by atoms with Crippen LogP contribution in [-0.2, 0) is 20.6 Å². The molecule has 6 nitrogen and oxygen atoms in total. The number of benzene rings is 2. The first-order valence-electron chi connectivity index (χ1n) is 9.96. The molecule has 1 N–H and O–H groups in total. The molecule has 2 aromatic carbocycles. The van der Waals surface area contributed by atoms with Crippen molar-refractivity contribution in [2.45, 2.75) is 36.3 Å². The van der Waals surface area contributed by atoms with Crippen molar-refractivity contribution in [2.24, 2.45) is 0 Å². The Hall–Kier alpha value is -2.34. The Bertz CT molecular complexity index is 1010. The fourth-order valence-electron chi connectivity index (χ4n) is 3.30. The number of nitrogens with zero attached hydrogens (tertiary/aromatic N) is 2. The Morgan fingerprint density at radius 1 is 1.07 bits per heavy atom. The van der Waals surface area contributed by atoms with Crippen molar-refractivity contribution in [1.29, 1.82) is 5.26 Å². The van der Waals surface area contributed by atoms with E-state index in [0.29, 0.717) is 30.1 Å². The van der Waals surface area contributed by atoms with Crippen molar-refractivity contribution in [2.75, 3.05) is 24.2 Å². The van der Waals surface area contributed by atoms with Crippen LogP contribution in [0.5, 0.6) is 0 Å². The summed E-state index contributed by atoms with van der Waals surface area (Å²) in [7, 11) is -3.55. The van der Waals surface area contributed by atoms with E-state index in [1.165, 1.54) is 17.8 Å². The SMILES string of the molecule is N#Cc1ccc(CSCC(=O)Nc2cccc(S(=O)(=O)N3CCCCCC3)c2)cc1. The maximum absolute atomic E-state index is 12.9. The lowest BCUT2D eigenvalue weighted by Crippen LogP contribution is -2.32. The van der Waals surface area contributed by atoms with Crippen LogP contribution in [0.25, 0.3) is 0 Å². The number of sulfonamides is 1. The van der Waals surface area contributed by atoms with Gasteiger partial charge in [0.05, 0.1) is 22.3 Å². The predicted octanol–water partition coefficient (Wildman–Crippen LogP) is 3.99. The van der Waals surface area contributed by atoms with Gasteiger partial charge in [-0.25, -0.2) is 8.42 Å². The standard InChI is InChI=1S/C22H25N3O3S2/c23-15-18-8-10-19(11-9-18)16-29-17-22(26)24-20-6-5-7-21(14-20)30(27,28)25-12-3-1-2-4-13-25/h5-11,14H,1-4,12-13,16-17H2,(H,24,26).